The highest BCUT2D eigenvalue weighted by atomic mass is 79.9. The highest BCUT2D eigenvalue weighted by Crippen LogP contribution is 2.45. The number of rotatable bonds is 7. The molecule has 0 atom stereocenters. The van der Waals surface area contributed by atoms with Gasteiger partial charge in [-0.15, -0.1) is 5.10 Å². The minimum absolute atomic E-state index is 0.0412. The van der Waals surface area contributed by atoms with Crippen LogP contribution in [0.3, 0.4) is 0 Å². The van der Waals surface area contributed by atoms with Gasteiger partial charge >= 0.3 is 0 Å². The SMILES string of the molecule is CCOc1cc(N(C)c2ccc(C#N)cc2)c(F)c(OC(C)C)c1-c1nc(Br)nn1C. The van der Waals surface area contributed by atoms with Crippen LogP contribution in [0, 0.1) is 17.1 Å². The normalized spacial score (nSPS) is 10.8. The zero-order valence-corrected chi connectivity index (χ0v) is 19.6. The molecule has 0 unspecified atom stereocenters. The second-order valence-corrected chi connectivity index (χ2v) is 7.77. The van der Waals surface area contributed by atoms with Gasteiger partial charge in [-0.05, 0) is 61.0 Å². The maximum absolute atomic E-state index is 15.9. The molecule has 0 bridgehead atoms. The molecule has 0 saturated carbocycles. The van der Waals surface area contributed by atoms with Gasteiger partial charge in [0.1, 0.15) is 11.3 Å². The van der Waals surface area contributed by atoms with Crippen LogP contribution in [-0.2, 0) is 7.05 Å². The van der Waals surface area contributed by atoms with Crippen LogP contribution in [0.1, 0.15) is 26.3 Å². The highest BCUT2D eigenvalue weighted by molar-refractivity contribution is 9.10. The van der Waals surface area contributed by atoms with Gasteiger partial charge in [-0.1, -0.05) is 0 Å². The fraction of sp³-hybridized carbons (Fsp3) is 0.318. The lowest BCUT2D eigenvalue weighted by atomic mass is 10.1. The van der Waals surface area contributed by atoms with Gasteiger partial charge in [0.05, 0.1) is 30.0 Å². The van der Waals surface area contributed by atoms with E-state index in [1.165, 1.54) is 0 Å². The molecule has 0 radical (unpaired) electrons. The zero-order valence-electron chi connectivity index (χ0n) is 18.0. The Kier molecular flexibility index (Phi) is 6.81. The van der Waals surface area contributed by atoms with E-state index in [-0.39, 0.29) is 17.5 Å². The van der Waals surface area contributed by atoms with Gasteiger partial charge in [-0.2, -0.15) is 5.26 Å². The third kappa shape index (κ3) is 4.64. The summed E-state index contributed by atoms with van der Waals surface area (Å²) >= 11 is 3.27. The molecule has 7 nitrogen and oxygen atoms in total. The average molecular weight is 488 g/mol. The van der Waals surface area contributed by atoms with Gasteiger partial charge in [0.2, 0.25) is 4.73 Å². The van der Waals surface area contributed by atoms with E-state index in [0.717, 1.165) is 0 Å². The molecule has 31 heavy (non-hydrogen) atoms. The Morgan fingerprint density at radius 3 is 2.48 bits per heavy atom. The summed E-state index contributed by atoms with van der Waals surface area (Å²) in [4.78, 5) is 6.06. The minimum atomic E-state index is -0.543. The van der Waals surface area contributed by atoms with Crippen LogP contribution in [0.4, 0.5) is 15.8 Å². The lowest BCUT2D eigenvalue weighted by Gasteiger charge is -2.25. The van der Waals surface area contributed by atoms with Crippen LogP contribution in [0.2, 0.25) is 0 Å². The standard InChI is InChI=1S/C22H23BrFN5O2/c1-6-30-17-11-16(28(4)15-9-7-14(12-25)8-10-15)19(24)20(31-13(2)3)18(17)21-26-22(23)27-29(21)5/h7-11,13H,6H2,1-5H3. The summed E-state index contributed by atoms with van der Waals surface area (Å²) in [7, 11) is 3.46. The minimum Gasteiger partial charge on any atom is -0.493 e. The number of hydrogen-bond donors (Lipinski definition) is 0. The zero-order chi connectivity index (χ0) is 22.7. The number of anilines is 2. The maximum Gasteiger partial charge on any atom is 0.217 e. The molecule has 3 rings (SSSR count). The Labute approximate surface area is 189 Å². The first kappa shape index (κ1) is 22.6. The lowest BCUT2D eigenvalue weighted by Crippen LogP contribution is -2.16. The van der Waals surface area contributed by atoms with Crippen LogP contribution in [-0.4, -0.2) is 34.5 Å². The predicted octanol–water partition coefficient (Wildman–Crippen LogP) is 5.21. The Balaban J connectivity index is 2.24. The van der Waals surface area contributed by atoms with E-state index in [9.17, 15) is 0 Å². The van der Waals surface area contributed by atoms with Crippen molar-refractivity contribution in [3.05, 3.63) is 46.4 Å². The summed E-state index contributed by atoms with van der Waals surface area (Å²) in [6, 6.07) is 10.6. The average Bonchev–Trinajstić information content (AvgIpc) is 3.07. The van der Waals surface area contributed by atoms with Crippen LogP contribution in [0.15, 0.2) is 35.1 Å². The van der Waals surface area contributed by atoms with Gasteiger partial charge in [0, 0.05) is 25.8 Å². The second kappa shape index (κ2) is 9.35. The molecule has 0 aliphatic carbocycles. The first-order valence-corrected chi connectivity index (χ1v) is 10.5. The van der Waals surface area contributed by atoms with E-state index in [2.05, 4.69) is 32.1 Å². The molecule has 0 amide bonds. The third-order valence-electron chi connectivity index (χ3n) is 4.52. The number of aryl methyl sites for hydroxylation is 1. The molecule has 0 saturated heterocycles. The Bertz CT molecular complexity index is 1120. The quantitative estimate of drug-likeness (QED) is 0.455. The van der Waals surface area contributed by atoms with Crippen molar-refractivity contribution in [2.45, 2.75) is 26.9 Å². The van der Waals surface area contributed by atoms with Gasteiger partial charge in [0.25, 0.3) is 0 Å². The molecular weight excluding hydrogens is 465 g/mol. The van der Waals surface area contributed by atoms with Crippen molar-refractivity contribution >= 4 is 27.3 Å². The predicted molar refractivity (Wildman–Crippen MR) is 120 cm³/mol. The van der Waals surface area contributed by atoms with E-state index < -0.39 is 5.82 Å². The first-order valence-electron chi connectivity index (χ1n) is 9.73. The maximum atomic E-state index is 15.9. The fourth-order valence-corrected chi connectivity index (χ4v) is 3.54. The molecule has 1 aromatic heterocycles. The van der Waals surface area contributed by atoms with Crippen molar-refractivity contribution in [3.63, 3.8) is 0 Å². The Morgan fingerprint density at radius 1 is 1.29 bits per heavy atom. The summed E-state index contributed by atoms with van der Waals surface area (Å²) in [6.07, 6.45) is -0.283. The van der Waals surface area contributed by atoms with Crippen LogP contribution >= 0.6 is 15.9 Å². The topological polar surface area (TPSA) is 76.2 Å². The van der Waals surface area contributed by atoms with Crippen LogP contribution < -0.4 is 14.4 Å². The molecule has 0 N–H and O–H groups in total. The van der Waals surface area contributed by atoms with Crippen molar-refractivity contribution < 1.29 is 13.9 Å². The Hall–Kier alpha value is -3.12. The summed E-state index contributed by atoms with van der Waals surface area (Å²) < 4.78 is 29.6. The highest BCUT2D eigenvalue weighted by Gasteiger charge is 2.28. The smallest absolute Gasteiger partial charge is 0.217 e. The second-order valence-electron chi connectivity index (χ2n) is 7.06. The van der Waals surface area contributed by atoms with Crippen LogP contribution in [0.25, 0.3) is 11.4 Å². The monoisotopic (exact) mass is 487 g/mol. The Morgan fingerprint density at radius 2 is 1.97 bits per heavy atom. The summed E-state index contributed by atoms with van der Waals surface area (Å²) in [6.45, 7) is 5.88. The van der Waals surface area contributed by atoms with Gasteiger partial charge in [-0.3, -0.25) is 0 Å². The molecule has 0 aliphatic heterocycles. The van der Waals surface area contributed by atoms with E-state index in [1.54, 1.807) is 54.0 Å². The molecular formula is C22H23BrFN5O2. The van der Waals surface area contributed by atoms with E-state index >= 15 is 4.39 Å². The van der Waals surface area contributed by atoms with Crippen molar-refractivity contribution in [1.82, 2.24) is 14.8 Å². The first-order chi connectivity index (χ1) is 14.8. The fourth-order valence-electron chi connectivity index (χ4n) is 3.14. The molecule has 162 valence electrons. The number of halogens is 2. The third-order valence-corrected chi connectivity index (χ3v) is 4.86. The van der Waals surface area contributed by atoms with Gasteiger partial charge < -0.3 is 14.4 Å². The number of hydrogen-bond acceptors (Lipinski definition) is 6. The molecule has 1 heterocycles. The van der Waals surface area contributed by atoms with Crippen molar-refractivity contribution in [1.29, 1.82) is 5.26 Å². The van der Waals surface area contributed by atoms with Gasteiger partial charge in [0.15, 0.2) is 17.4 Å². The number of benzene rings is 2. The molecule has 0 spiro atoms. The summed E-state index contributed by atoms with van der Waals surface area (Å²) in [5.74, 6) is 0.341. The van der Waals surface area contributed by atoms with Crippen molar-refractivity contribution in [2.24, 2.45) is 7.05 Å². The largest absolute Gasteiger partial charge is 0.493 e. The molecule has 9 heteroatoms. The van der Waals surface area contributed by atoms with E-state index in [1.807, 2.05) is 20.8 Å². The number of nitriles is 1. The lowest BCUT2D eigenvalue weighted by molar-refractivity contribution is 0.230. The molecule has 2 aromatic carbocycles. The van der Waals surface area contributed by atoms with E-state index in [0.29, 0.717) is 39.7 Å². The number of nitrogens with zero attached hydrogens (tertiary/aromatic N) is 5. The van der Waals surface area contributed by atoms with Gasteiger partial charge in [-0.25, -0.2) is 14.1 Å². The molecule has 3 aromatic rings. The van der Waals surface area contributed by atoms with E-state index in [4.69, 9.17) is 14.7 Å². The van der Waals surface area contributed by atoms with Crippen molar-refractivity contribution in [2.75, 3.05) is 18.6 Å². The number of aromatic nitrogens is 3. The van der Waals surface area contributed by atoms with Crippen LogP contribution in [0.5, 0.6) is 11.5 Å². The van der Waals surface area contributed by atoms with Crippen molar-refractivity contribution in [3.8, 4) is 29.0 Å². The number of ether oxygens (including phenoxy) is 2. The molecule has 0 fully saturated rings. The summed E-state index contributed by atoms with van der Waals surface area (Å²) in [5, 5.41) is 13.2. The molecule has 0 aliphatic rings. The summed E-state index contributed by atoms with van der Waals surface area (Å²) in [5.41, 5.74) is 1.91.